The van der Waals surface area contributed by atoms with Gasteiger partial charge in [0.1, 0.15) is 12.4 Å². The maximum Gasteiger partial charge on any atom is 0.390 e. The van der Waals surface area contributed by atoms with Crippen molar-refractivity contribution in [1.29, 1.82) is 0 Å². The molecule has 0 saturated heterocycles. The largest absolute Gasteiger partial charge is 0.491 e. The van der Waals surface area contributed by atoms with Gasteiger partial charge in [-0.05, 0) is 26.1 Å². The topological polar surface area (TPSA) is 29.5 Å². The predicted octanol–water partition coefficient (Wildman–Crippen LogP) is 3.15. The van der Waals surface area contributed by atoms with Crippen molar-refractivity contribution < 1.29 is 22.7 Å². The van der Waals surface area contributed by atoms with Gasteiger partial charge in [0.2, 0.25) is 0 Å². The molecule has 0 aliphatic carbocycles. The molecule has 1 rings (SSSR count). The molecule has 0 N–H and O–H groups in total. The standard InChI is InChI=1S/C14H18F3NO2/c1-11(19)12-5-3-4-6-13(12)20-10-9-18(2)8-7-14(15,16)17/h3-6H,7-10H2,1-2H3. The summed E-state index contributed by atoms with van der Waals surface area (Å²) in [6.45, 7) is 1.97. The van der Waals surface area contributed by atoms with Gasteiger partial charge in [-0.2, -0.15) is 13.2 Å². The molecular weight excluding hydrogens is 271 g/mol. The smallest absolute Gasteiger partial charge is 0.390 e. The molecule has 0 unspecified atom stereocenters. The SMILES string of the molecule is CC(=O)c1ccccc1OCCN(C)CCC(F)(F)F. The number of benzene rings is 1. The number of nitrogens with zero attached hydrogens (tertiary/aromatic N) is 1. The summed E-state index contributed by atoms with van der Waals surface area (Å²) in [4.78, 5) is 12.9. The molecule has 0 fully saturated rings. The van der Waals surface area contributed by atoms with Crippen LogP contribution < -0.4 is 4.74 Å². The first kappa shape index (κ1) is 16.5. The van der Waals surface area contributed by atoms with E-state index >= 15 is 0 Å². The van der Waals surface area contributed by atoms with E-state index in [9.17, 15) is 18.0 Å². The van der Waals surface area contributed by atoms with Crippen LogP contribution in [0.1, 0.15) is 23.7 Å². The summed E-state index contributed by atoms with van der Waals surface area (Å²) < 4.78 is 41.6. The predicted molar refractivity (Wildman–Crippen MR) is 70.1 cm³/mol. The Balaban J connectivity index is 2.39. The number of carbonyl (C=O) groups is 1. The van der Waals surface area contributed by atoms with Crippen molar-refractivity contribution in [2.24, 2.45) is 0 Å². The fraction of sp³-hybridized carbons (Fsp3) is 0.500. The quantitative estimate of drug-likeness (QED) is 0.722. The normalized spacial score (nSPS) is 11.7. The lowest BCUT2D eigenvalue weighted by Crippen LogP contribution is -2.28. The van der Waals surface area contributed by atoms with E-state index < -0.39 is 12.6 Å². The summed E-state index contributed by atoms with van der Waals surface area (Å²) in [5.74, 6) is 0.357. The van der Waals surface area contributed by atoms with E-state index in [1.54, 1.807) is 36.2 Å². The van der Waals surface area contributed by atoms with Crippen LogP contribution in [0, 0.1) is 0 Å². The van der Waals surface area contributed by atoms with Gasteiger partial charge in [-0.25, -0.2) is 0 Å². The number of para-hydroxylation sites is 1. The molecule has 112 valence electrons. The van der Waals surface area contributed by atoms with Crippen LogP contribution in [0.4, 0.5) is 13.2 Å². The Bertz CT molecular complexity index is 446. The summed E-state index contributed by atoms with van der Waals surface area (Å²) in [5.41, 5.74) is 0.477. The molecule has 0 atom stereocenters. The van der Waals surface area contributed by atoms with Crippen molar-refractivity contribution in [2.45, 2.75) is 19.5 Å². The highest BCUT2D eigenvalue weighted by Crippen LogP contribution is 2.20. The van der Waals surface area contributed by atoms with E-state index in [0.29, 0.717) is 17.9 Å². The number of Topliss-reactive ketones (excluding diaryl/α,β-unsaturated/α-hetero) is 1. The monoisotopic (exact) mass is 289 g/mol. The van der Waals surface area contributed by atoms with Gasteiger partial charge >= 0.3 is 6.18 Å². The molecule has 20 heavy (non-hydrogen) atoms. The Morgan fingerprint density at radius 2 is 1.90 bits per heavy atom. The molecule has 0 spiro atoms. The highest BCUT2D eigenvalue weighted by Gasteiger charge is 2.26. The van der Waals surface area contributed by atoms with E-state index in [0.717, 1.165) is 0 Å². The number of hydrogen-bond donors (Lipinski definition) is 0. The second kappa shape index (κ2) is 7.28. The third-order valence-corrected chi connectivity index (χ3v) is 2.77. The highest BCUT2D eigenvalue weighted by atomic mass is 19.4. The first-order valence-electron chi connectivity index (χ1n) is 6.27. The highest BCUT2D eigenvalue weighted by molar-refractivity contribution is 5.96. The van der Waals surface area contributed by atoms with E-state index in [4.69, 9.17) is 4.74 Å². The Kier molecular flexibility index (Phi) is 6.01. The molecule has 0 heterocycles. The third kappa shape index (κ3) is 6.06. The zero-order chi connectivity index (χ0) is 15.2. The molecule has 0 bridgehead atoms. The maximum absolute atomic E-state index is 12.0. The zero-order valence-corrected chi connectivity index (χ0v) is 11.5. The Morgan fingerprint density at radius 3 is 2.50 bits per heavy atom. The summed E-state index contributed by atoms with van der Waals surface area (Å²) in [6, 6.07) is 6.81. The lowest BCUT2D eigenvalue weighted by molar-refractivity contribution is -0.137. The summed E-state index contributed by atoms with van der Waals surface area (Å²) in [6.07, 6.45) is -4.98. The van der Waals surface area contributed by atoms with Gasteiger partial charge in [0.25, 0.3) is 0 Å². The average Bonchev–Trinajstić information content (AvgIpc) is 2.36. The van der Waals surface area contributed by atoms with Crippen LogP contribution in [0.25, 0.3) is 0 Å². The second-order valence-electron chi connectivity index (χ2n) is 4.57. The summed E-state index contributed by atoms with van der Waals surface area (Å²) in [5, 5.41) is 0. The van der Waals surface area contributed by atoms with Gasteiger partial charge in [0, 0.05) is 13.1 Å². The van der Waals surface area contributed by atoms with Gasteiger partial charge in [0.15, 0.2) is 5.78 Å². The summed E-state index contributed by atoms with van der Waals surface area (Å²) >= 11 is 0. The van der Waals surface area contributed by atoms with Gasteiger partial charge in [-0.15, -0.1) is 0 Å². The first-order valence-corrected chi connectivity index (χ1v) is 6.27. The Labute approximate surface area is 116 Å². The van der Waals surface area contributed by atoms with Crippen LogP contribution in [0.3, 0.4) is 0 Å². The molecule has 0 radical (unpaired) electrons. The van der Waals surface area contributed by atoms with Gasteiger partial charge in [0.05, 0.1) is 12.0 Å². The minimum Gasteiger partial charge on any atom is -0.491 e. The fourth-order valence-electron chi connectivity index (χ4n) is 1.62. The van der Waals surface area contributed by atoms with Crippen molar-refractivity contribution in [2.75, 3.05) is 26.7 Å². The molecule has 0 aliphatic rings. The van der Waals surface area contributed by atoms with Crippen molar-refractivity contribution in [1.82, 2.24) is 4.90 Å². The Morgan fingerprint density at radius 1 is 1.25 bits per heavy atom. The van der Waals surface area contributed by atoms with E-state index in [-0.39, 0.29) is 18.9 Å². The second-order valence-corrected chi connectivity index (χ2v) is 4.57. The lowest BCUT2D eigenvalue weighted by Gasteiger charge is -2.18. The Hall–Kier alpha value is -1.56. The van der Waals surface area contributed by atoms with Crippen LogP contribution in [-0.4, -0.2) is 43.6 Å². The van der Waals surface area contributed by atoms with Crippen LogP contribution in [0.2, 0.25) is 0 Å². The van der Waals surface area contributed by atoms with Crippen LogP contribution >= 0.6 is 0 Å². The van der Waals surface area contributed by atoms with E-state index in [1.807, 2.05) is 0 Å². The molecule has 0 saturated carbocycles. The number of carbonyl (C=O) groups excluding carboxylic acids is 1. The number of ether oxygens (including phenoxy) is 1. The number of alkyl halides is 3. The van der Waals surface area contributed by atoms with E-state index in [1.165, 1.54) is 6.92 Å². The van der Waals surface area contributed by atoms with Gasteiger partial charge in [-0.3, -0.25) is 4.79 Å². The maximum atomic E-state index is 12.0. The molecule has 0 aromatic heterocycles. The molecular formula is C14H18F3NO2. The number of ketones is 1. The van der Waals surface area contributed by atoms with Crippen LogP contribution in [0.15, 0.2) is 24.3 Å². The van der Waals surface area contributed by atoms with Crippen molar-refractivity contribution in [3.63, 3.8) is 0 Å². The molecule has 1 aromatic carbocycles. The van der Waals surface area contributed by atoms with Crippen molar-refractivity contribution in [3.05, 3.63) is 29.8 Å². The first-order chi connectivity index (χ1) is 9.29. The van der Waals surface area contributed by atoms with Crippen LogP contribution in [-0.2, 0) is 0 Å². The summed E-state index contributed by atoms with van der Waals surface area (Å²) in [7, 11) is 1.60. The zero-order valence-electron chi connectivity index (χ0n) is 11.5. The minimum atomic E-state index is -4.14. The van der Waals surface area contributed by atoms with Gasteiger partial charge < -0.3 is 9.64 Å². The van der Waals surface area contributed by atoms with Crippen molar-refractivity contribution in [3.8, 4) is 5.75 Å². The lowest BCUT2D eigenvalue weighted by atomic mass is 10.1. The average molecular weight is 289 g/mol. The number of rotatable bonds is 7. The number of hydrogen-bond acceptors (Lipinski definition) is 3. The molecule has 0 amide bonds. The third-order valence-electron chi connectivity index (χ3n) is 2.77. The van der Waals surface area contributed by atoms with Crippen LogP contribution in [0.5, 0.6) is 5.75 Å². The molecule has 3 nitrogen and oxygen atoms in total. The van der Waals surface area contributed by atoms with Gasteiger partial charge in [-0.1, -0.05) is 12.1 Å². The number of likely N-dealkylation sites (N-methyl/N-ethyl adjacent to an activating group) is 1. The number of halogens is 3. The molecule has 0 aliphatic heterocycles. The molecule has 1 aromatic rings. The van der Waals surface area contributed by atoms with Crippen molar-refractivity contribution >= 4 is 5.78 Å². The van der Waals surface area contributed by atoms with E-state index in [2.05, 4.69) is 0 Å². The minimum absolute atomic E-state index is 0.0682. The molecule has 6 heteroatoms. The fourth-order valence-corrected chi connectivity index (χ4v) is 1.62.